The van der Waals surface area contributed by atoms with Crippen molar-refractivity contribution < 1.29 is 5.11 Å². The van der Waals surface area contributed by atoms with Gasteiger partial charge in [-0.15, -0.1) is 0 Å². The zero-order chi connectivity index (χ0) is 16.5. The average molecular weight is 304 g/mol. The van der Waals surface area contributed by atoms with Crippen LogP contribution in [0, 0.1) is 0 Å². The summed E-state index contributed by atoms with van der Waals surface area (Å²) in [5.41, 5.74) is 2.64. The smallest absolute Gasteiger partial charge is 0.0734 e. The van der Waals surface area contributed by atoms with Crippen LogP contribution in [0.3, 0.4) is 0 Å². The van der Waals surface area contributed by atoms with E-state index in [-0.39, 0.29) is 12.0 Å². The first-order valence-electron chi connectivity index (χ1n) is 8.69. The lowest BCUT2D eigenvalue weighted by atomic mass is 9.88. The molecule has 2 heterocycles. The monoisotopic (exact) mass is 304 g/mol. The number of aromatic amines is 1. The van der Waals surface area contributed by atoms with E-state index < -0.39 is 0 Å². The molecule has 2 unspecified atom stereocenters. The van der Waals surface area contributed by atoms with E-state index in [0.29, 0.717) is 6.54 Å². The van der Waals surface area contributed by atoms with E-state index in [9.17, 15) is 5.11 Å². The third-order valence-electron chi connectivity index (χ3n) is 4.00. The fraction of sp³-hybridized carbons (Fsp3) is 0.579. The molecule has 124 valence electrons. The molecular weight excluding hydrogens is 272 g/mol. The first-order chi connectivity index (χ1) is 10.8. The van der Waals surface area contributed by atoms with Crippen molar-refractivity contribution in [2.75, 3.05) is 13.1 Å². The molecular formula is C19H32N2O. The van der Waals surface area contributed by atoms with Gasteiger partial charge in [0.2, 0.25) is 0 Å². The molecule has 3 nitrogen and oxygen atoms in total. The summed E-state index contributed by atoms with van der Waals surface area (Å²) in [6, 6.07) is 0. The SMILES string of the molecule is CC.CC.CC1=CC=c2c(C3CCNCC3O)c[nH]c2=CC1. The van der Waals surface area contributed by atoms with Gasteiger partial charge in [0.25, 0.3) is 0 Å². The lowest BCUT2D eigenvalue weighted by Crippen LogP contribution is -2.41. The van der Waals surface area contributed by atoms with E-state index in [2.05, 4.69) is 41.6 Å². The molecule has 1 saturated heterocycles. The summed E-state index contributed by atoms with van der Waals surface area (Å²) >= 11 is 0. The molecule has 2 aliphatic rings. The van der Waals surface area contributed by atoms with Gasteiger partial charge in [0.15, 0.2) is 0 Å². The van der Waals surface area contributed by atoms with Crippen LogP contribution in [0.25, 0.3) is 12.2 Å². The van der Waals surface area contributed by atoms with Crippen molar-refractivity contribution in [3.05, 3.63) is 34.0 Å². The normalized spacial score (nSPS) is 23.1. The Balaban J connectivity index is 0.000000561. The second-order valence-electron chi connectivity index (χ2n) is 5.33. The fourth-order valence-corrected chi connectivity index (χ4v) is 2.89. The maximum atomic E-state index is 10.1. The van der Waals surface area contributed by atoms with Crippen LogP contribution in [-0.2, 0) is 0 Å². The Bertz CT molecular complexity index is 583. The second kappa shape index (κ2) is 9.65. The van der Waals surface area contributed by atoms with E-state index in [1.54, 1.807) is 0 Å². The minimum Gasteiger partial charge on any atom is -0.391 e. The number of hydrogen-bond donors (Lipinski definition) is 3. The van der Waals surface area contributed by atoms with E-state index in [1.807, 2.05) is 27.7 Å². The minimum absolute atomic E-state index is 0.253. The summed E-state index contributed by atoms with van der Waals surface area (Å²) in [6.07, 6.45) is 10.4. The van der Waals surface area contributed by atoms with Crippen molar-refractivity contribution in [3.8, 4) is 0 Å². The van der Waals surface area contributed by atoms with Crippen molar-refractivity contribution >= 4 is 12.2 Å². The van der Waals surface area contributed by atoms with E-state index in [0.717, 1.165) is 19.4 Å². The van der Waals surface area contributed by atoms with Crippen LogP contribution in [0.2, 0.25) is 0 Å². The molecule has 1 aromatic heterocycles. The molecule has 0 saturated carbocycles. The zero-order valence-corrected chi connectivity index (χ0v) is 14.7. The predicted octanol–water partition coefficient (Wildman–Crippen LogP) is 2.42. The highest BCUT2D eigenvalue weighted by Crippen LogP contribution is 2.22. The van der Waals surface area contributed by atoms with Crippen LogP contribution in [0.15, 0.2) is 17.8 Å². The number of aliphatic hydroxyl groups is 1. The number of rotatable bonds is 1. The average Bonchev–Trinajstić information content (AvgIpc) is 2.88. The second-order valence-corrected chi connectivity index (χ2v) is 5.33. The number of piperidine rings is 1. The highest BCUT2D eigenvalue weighted by molar-refractivity contribution is 5.48. The van der Waals surface area contributed by atoms with Gasteiger partial charge in [-0.05, 0) is 31.9 Å². The molecule has 0 radical (unpaired) electrons. The van der Waals surface area contributed by atoms with Crippen LogP contribution in [-0.4, -0.2) is 29.3 Å². The van der Waals surface area contributed by atoms with E-state index >= 15 is 0 Å². The lowest BCUT2D eigenvalue weighted by Gasteiger charge is -2.27. The van der Waals surface area contributed by atoms with Crippen molar-refractivity contribution in [1.29, 1.82) is 0 Å². The summed E-state index contributed by atoms with van der Waals surface area (Å²) in [6.45, 7) is 11.8. The first-order valence-corrected chi connectivity index (χ1v) is 8.69. The van der Waals surface area contributed by atoms with Gasteiger partial charge < -0.3 is 15.4 Å². The van der Waals surface area contributed by atoms with Gasteiger partial charge in [0.1, 0.15) is 0 Å². The molecule has 1 aliphatic heterocycles. The molecule has 3 rings (SSSR count). The first kappa shape index (κ1) is 18.7. The summed E-state index contributed by atoms with van der Waals surface area (Å²) in [7, 11) is 0. The molecule has 1 aliphatic carbocycles. The van der Waals surface area contributed by atoms with Gasteiger partial charge in [0, 0.05) is 29.2 Å². The highest BCUT2D eigenvalue weighted by atomic mass is 16.3. The van der Waals surface area contributed by atoms with Gasteiger partial charge in [-0.25, -0.2) is 0 Å². The fourth-order valence-electron chi connectivity index (χ4n) is 2.89. The summed E-state index contributed by atoms with van der Waals surface area (Å²) in [5.74, 6) is 0.253. The molecule has 3 heteroatoms. The minimum atomic E-state index is -0.277. The van der Waals surface area contributed by atoms with Crippen LogP contribution in [0.5, 0.6) is 0 Å². The van der Waals surface area contributed by atoms with Gasteiger partial charge in [0.05, 0.1) is 6.10 Å². The molecule has 0 spiro atoms. The number of fused-ring (bicyclic) bond motifs is 1. The van der Waals surface area contributed by atoms with Crippen molar-refractivity contribution in [2.45, 2.75) is 59.5 Å². The summed E-state index contributed by atoms with van der Waals surface area (Å²) < 4.78 is 0. The van der Waals surface area contributed by atoms with Gasteiger partial charge in [-0.1, -0.05) is 51.5 Å². The predicted molar refractivity (Wildman–Crippen MR) is 96.3 cm³/mol. The topological polar surface area (TPSA) is 48.0 Å². The summed E-state index contributed by atoms with van der Waals surface area (Å²) in [5, 5.41) is 15.8. The Morgan fingerprint density at radius 2 is 1.86 bits per heavy atom. The van der Waals surface area contributed by atoms with Gasteiger partial charge >= 0.3 is 0 Å². The van der Waals surface area contributed by atoms with E-state index in [1.165, 1.54) is 21.7 Å². The number of β-amino-alcohol motifs (C(OH)–C–C–N with tert-alkyl or cyclic N) is 1. The third-order valence-corrected chi connectivity index (χ3v) is 4.00. The summed E-state index contributed by atoms with van der Waals surface area (Å²) in [4.78, 5) is 3.35. The van der Waals surface area contributed by atoms with Gasteiger partial charge in [-0.2, -0.15) is 0 Å². The van der Waals surface area contributed by atoms with Crippen LogP contribution in [0.4, 0.5) is 0 Å². The lowest BCUT2D eigenvalue weighted by molar-refractivity contribution is 0.118. The number of nitrogens with one attached hydrogen (secondary N) is 2. The number of hydrogen-bond acceptors (Lipinski definition) is 2. The molecule has 1 fully saturated rings. The third kappa shape index (κ3) is 4.34. The van der Waals surface area contributed by atoms with Gasteiger partial charge in [-0.3, -0.25) is 0 Å². The van der Waals surface area contributed by atoms with Crippen molar-refractivity contribution in [2.24, 2.45) is 0 Å². The quantitative estimate of drug-likeness (QED) is 0.746. The Hall–Kier alpha value is -1.32. The molecule has 1 aromatic rings. The standard InChI is InChI=1S/C15H20N2O.2C2H6/c1-10-2-4-11-13(8-17-14(11)5-3-10)12-6-7-16-9-15(12)18;2*1-2/h2,4-5,8,12,15-18H,3,6-7,9H2,1H3;2*1-2H3. The molecule has 2 atom stereocenters. The Labute approximate surface area is 134 Å². The maximum absolute atomic E-state index is 10.1. The molecule has 0 bridgehead atoms. The Kier molecular flexibility index (Phi) is 8.21. The number of allylic oxidation sites excluding steroid dienone is 2. The Morgan fingerprint density at radius 1 is 1.14 bits per heavy atom. The van der Waals surface area contributed by atoms with Crippen LogP contribution in [0.1, 0.15) is 58.9 Å². The maximum Gasteiger partial charge on any atom is 0.0734 e. The van der Waals surface area contributed by atoms with Crippen molar-refractivity contribution in [3.63, 3.8) is 0 Å². The van der Waals surface area contributed by atoms with Crippen molar-refractivity contribution in [1.82, 2.24) is 10.3 Å². The van der Waals surface area contributed by atoms with Crippen LogP contribution < -0.4 is 15.9 Å². The molecule has 22 heavy (non-hydrogen) atoms. The Morgan fingerprint density at radius 3 is 2.55 bits per heavy atom. The molecule has 0 amide bonds. The number of H-pyrrole nitrogens is 1. The number of aliphatic hydroxyl groups excluding tert-OH is 1. The largest absolute Gasteiger partial charge is 0.391 e. The highest BCUT2D eigenvalue weighted by Gasteiger charge is 2.25. The van der Waals surface area contributed by atoms with E-state index in [4.69, 9.17) is 0 Å². The zero-order valence-electron chi connectivity index (χ0n) is 14.7. The molecule has 0 aromatic carbocycles. The number of aromatic nitrogens is 1. The molecule has 3 N–H and O–H groups in total. The van der Waals surface area contributed by atoms with Crippen LogP contribution >= 0.6 is 0 Å².